The largest absolute Gasteiger partial charge is 0.376 e. The molecule has 2 unspecified atom stereocenters. The van der Waals surface area contributed by atoms with E-state index in [1.807, 2.05) is 20.8 Å². The van der Waals surface area contributed by atoms with Gasteiger partial charge < -0.3 is 10.8 Å². The molecule has 0 bridgehead atoms. The standard InChI is InChI=1S/C8H20N2O/c1-5-7(9)10-8(4,11)6(2)3/h6-7,10-11H,5,9H2,1-4H3. The third kappa shape index (κ3) is 3.70. The maximum Gasteiger partial charge on any atom is 0.116 e. The average Bonchev–Trinajstić information content (AvgIpc) is 1.86. The molecule has 4 N–H and O–H groups in total. The van der Waals surface area contributed by atoms with E-state index >= 15 is 0 Å². The van der Waals surface area contributed by atoms with E-state index < -0.39 is 5.72 Å². The molecular formula is C8H20N2O. The van der Waals surface area contributed by atoms with Gasteiger partial charge in [0.15, 0.2) is 0 Å². The number of rotatable bonds is 4. The summed E-state index contributed by atoms with van der Waals surface area (Å²) in [5.74, 6) is 0.167. The molecule has 0 aromatic rings. The predicted molar refractivity (Wildman–Crippen MR) is 46.9 cm³/mol. The number of aliphatic hydroxyl groups is 1. The lowest BCUT2D eigenvalue weighted by Crippen LogP contribution is -2.54. The van der Waals surface area contributed by atoms with Gasteiger partial charge in [0.2, 0.25) is 0 Å². The number of nitrogens with two attached hydrogens (primary N) is 1. The van der Waals surface area contributed by atoms with Gasteiger partial charge in [-0.2, -0.15) is 0 Å². The molecule has 3 heteroatoms. The molecule has 11 heavy (non-hydrogen) atoms. The van der Waals surface area contributed by atoms with Crippen LogP contribution in [0.15, 0.2) is 0 Å². The maximum absolute atomic E-state index is 9.70. The highest BCUT2D eigenvalue weighted by atomic mass is 16.3. The molecular weight excluding hydrogens is 140 g/mol. The van der Waals surface area contributed by atoms with Crippen LogP contribution in [0.25, 0.3) is 0 Å². The van der Waals surface area contributed by atoms with Gasteiger partial charge in [-0.05, 0) is 19.3 Å². The van der Waals surface area contributed by atoms with Crippen LogP contribution in [0.2, 0.25) is 0 Å². The highest BCUT2D eigenvalue weighted by Crippen LogP contribution is 2.12. The lowest BCUT2D eigenvalue weighted by molar-refractivity contribution is -0.0296. The summed E-state index contributed by atoms with van der Waals surface area (Å²) in [6, 6.07) is 0. The third-order valence-corrected chi connectivity index (χ3v) is 2.04. The molecule has 0 aliphatic carbocycles. The van der Waals surface area contributed by atoms with Crippen molar-refractivity contribution in [3.63, 3.8) is 0 Å². The molecule has 68 valence electrons. The van der Waals surface area contributed by atoms with Crippen molar-refractivity contribution < 1.29 is 5.11 Å². The van der Waals surface area contributed by atoms with E-state index in [9.17, 15) is 5.11 Å². The Hall–Kier alpha value is -0.120. The molecule has 0 heterocycles. The topological polar surface area (TPSA) is 58.3 Å². The van der Waals surface area contributed by atoms with Gasteiger partial charge in [0, 0.05) is 0 Å². The summed E-state index contributed by atoms with van der Waals surface area (Å²) in [6.45, 7) is 7.63. The van der Waals surface area contributed by atoms with Crippen LogP contribution in [-0.2, 0) is 0 Å². The van der Waals surface area contributed by atoms with E-state index in [0.29, 0.717) is 0 Å². The molecule has 0 aromatic heterocycles. The summed E-state index contributed by atoms with van der Waals surface area (Å²) in [7, 11) is 0. The maximum atomic E-state index is 9.70. The first-order chi connectivity index (χ1) is 4.90. The Morgan fingerprint density at radius 3 is 2.27 bits per heavy atom. The minimum atomic E-state index is -0.852. The van der Waals surface area contributed by atoms with Crippen molar-refractivity contribution in [3.8, 4) is 0 Å². The van der Waals surface area contributed by atoms with E-state index in [1.165, 1.54) is 0 Å². The summed E-state index contributed by atoms with van der Waals surface area (Å²) >= 11 is 0. The van der Waals surface area contributed by atoms with E-state index in [1.54, 1.807) is 6.92 Å². The Morgan fingerprint density at radius 2 is 2.00 bits per heavy atom. The monoisotopic (exact) mass is 160 g/mol. The fraction of sp³-hybridized carbons (Fsp3) is 1.00. The summed E-state index contributed by atoms with van der Waals surface area (Å²) < 4.78 is 0. The number of hydrogen-bond donors (Lipinski definition) is 3. The van der Waals surface area contributed by atoms with E-state index in [0.717, 1.165) is 6.42 Å². The van der Waals surface area contributed by atoms with Crippen molar-refractivity contribution in [2.24, 2.45) is 11.7 Å². The smallest absolute Gasteiger partial charge is 0.116 e. The van der Waals surface area contributed by atoms with Gasteiger partial charge in [-0.3, -0.25) is 5.32 Å². The fourth-order valence-corrected chi connectivity index (χ4v) is 0.644. The van der Waals surface area contributed by atoms with E-state index in [2.05, 4.69) is 5.32 Å². The second kappa shape index (κ2) is 4.04. The van der Waals surface area contributed by atoms with Crippen molar-refractivity contribution in [3.05, 3.63) is 0 Å². The van der Waals surface area contributed by atoms with Gasteiger partial charge in [-0.25, -0.2) is 0 Å². The lowest BCUT2D eigenvalue weighted by atomic mass is 10.0. The van der Waals surface area contributed by atoms with Crippen LogP contribution in [0, 0.1) is 5.92 Å². The van der Waals surface area contributed by atoms with Crippen LogP contribution in [-0.4, -0.2) is 17.0 Å². The second-order valence-corrected chi connectivity index (χ2v) is 3.46. The van der Waals surface area contributed by atoms with Crippen molar-refractivity contribution in [2.75, 3.05) is 0 Å². The quantitative estimate of drug-likeness (QED) is 0.529. The minimum Gasteiger partial charge on any atom is -0.376 e. The first kappa shape index (κ1) is 10.9. The van der Waals surface area contributed by atoms with Crippen LogP contribution >= 0.6 is 0 Å². The van der Waals surface area contributed by atoms with Crippen molar-refractivity contribution >= 4 is 0 Å². The van der Waals surface area contributed by atoms with Crippen LogP contribution in [0.3, 0.4) is 0 Å². The fourth-order valence-electron chi connectivity index (χ4n) is 0.644. The predicted octanol–water partition coefficient (Wildman–Crippen LogP) is 0.635. The second-order valence-electron chi connectivity index (χ2n) is 3.46. The van der Waals surface area contributed by atoms with Gasteiger partial charge in [0.05, 0.1) is 6.17 Å². The molecule has 0 rings (SSSR count). The van der Waals surface area contributed by atoms with Crippen molar-refractivity contribution in [2.45, 2.75) is 46.0 Å². The first-order valence-electron chi connectivity index (χ1n) is 4.15. The van der Waals surface area contributed by atoms with E-state index in [4.69, 9.17) is 5.73 Å². The minimum absolute atomic E-state index is 0.118. The average molecular weight is 160 g/mol. The Balaban J connectivity index is 3.90. The zero-order valence-electron chi connectivity index (χ0n) is 7.89. The van der Waals surface area contributed by atoms with Gasteiger partial charge in [0.1, 0.15) is 5.72 Å². The first-order valence-corrected chi connectivity index (χ1v) is 4.15. The van der Waals surface area contributed by atoms with Gasteiger partial charge >= 0.3 is 0 Å². The summed E-state index contributed by atoms with van der Waals surface area (Å²) in [5.41, 5.74) is 4.77. The molecule has 3 nitrogen and oxygen atoms in total. The Morgan fingerprint density at radius 1 is 1.55 bits per heavy atom. The number of hydrogen-bond acceptors (Lipinski definition) is 3. The molecule has 0 radical (unpaired) electrons. The normalized spacial score (nSPS) is 19.9. The van der Waals surface area contributed by atoms with Crippen LogP contribution in [0.1, 0.15) is 34.1 Å². The van der Waals surface area contributed by atoms with E-state index in [-0.39, 0.29) is 12.1 Å². The summed E-state index contributed by atoms with van der Waals surface area (Å²) in [4.78, 5) is 0. The SMILES string of the molecule is CCC(N)NC(C)(O)C(C)C. The van der Waals surface area contributed by atoms with Gasteiger partial charge in [-0.15, -0.1) is 0 Å². The molecule has 0 amide bonds. The Kier molecular flexibility index (Phi) is 4.00. The molecule has 0 aromatic carbocycles. The van der Waals surface area contributed by atoms with Crippen molar-refractivity contribution in [1.29, 1.82) is 0 Å². The number of nitrogens with one attached hydrogen (secondary N) is 1. The molecule has 2 atom stereocenters. The van der Waals surface area contributed by atoms with Crippen molar-refractivity contribution in [1.82, 2.24) is 5.32 Å². The molecule has 0 saturated heterocycles. The summed E-state index contributed by atoms with van der Waals surface area (Å²) in [6.07, 6.45) is 0.704. The van der Waals surface area contributed by atoms with Crippen LogP contribution in [0.5, 0.6) is 0 Å². The zero-order valence-corrected chi connectivity index (χ0v) is 7.89. The highest BCUT2D eigenvalue weighted by Gasteiger charge is 2.25. The molecule has 0 aliphatic rings. The van der Waals surface area contributed by atoms with Gasteiger partial charge in [0.25, 0.3) is 0 Å². The molecule has 0 fully saturated rings. The molecule has 0 spiro atoms. The lowest BCUT2D eigenvalue weighted by Gasteiger charge is -2.31. The highest BCUT2D eigenvalue weighted by molar-refractivity contribution is 4.75. The molecule has 0 aliphatic heterocycles. The van der Waals surface area contributed by atoms with Gasteiger partial charge in [-0.1, -0.05) is 20.8 Å². The Labute approximate surface area is 69.0 Å². The molecule has 0 saturated carbocycles. The zero-order chi connectivity index (χ0) is 9.07. The summed E-state index contributed by atoms with van der Waals surface area (Å²) in [5, 5.41) is 12.6. The third-order valence-electron chi connectivity index (χ3n) is 2.04. The van der Waals surface area contributed by atoms with Crippen LogP contribution in [0.4, 0.5) is 0 Å². The Bertz CT molecular complexity index is 113. The van der Waals surface area contributed by atoms with Crippen LogP contribution < -0.4 is 11.1 Å².